The van der Waals surface area contributed by atoms with Crippen molar-refractivity contribution < 1.29 is 14.3 Å². The molecule has 1 N–H and O–H groups in total. The number of hydrogen-bond donors (Lipinski definition) is 1. The minimum atomic E-state index is -1.21. The van der Waals surface area contributed by atoms with E-state index in [1.54, 1.807) is 6.07 Å². The van der Waals surface area contributed by atoms with E-state index >= 15 is 0 Å². The lowest BCUT2D eigenvalue weighted by Crippen LogP contribution is -2.01. The second kappa shape index (κ2) is 4.74. The van der Waals surface area contributed by atoms with E-state index in [4.69, 9.17) is 5.11 Å². The molecule has 0 bridgehead atoms. The van der Waals surface area contributed by atoms with Gasteiger partial charge in [-0.1, -0.05) is 19.4 Å². The van der Waals surface area contributed by atoms with Crippen molar-refractivity contribution >= 4 is 5.97 Å². The summed E-state index contributed by atoms with van der Waals surface area (Å²) >= 11 is 0. The molecule has 76 valence electrons. The Bertz CT molecular complexity index is 334. The van der Waals surface area contributed by atoms with Crippen LogP contribution in [0.4, 0.5) is 4.39 Å². The van der Waals surface area contributed by atoms with Crippen molar-refractivity contribution in [3.8, 4) is 0 Å². The Morgan fingerprint density at radius 2 is 2.21 bits per heavy atom. The van der Waals surface area contributed by atoms with Crippen molar-refractivity contribution in [2.75, 3.05) is 0 Å². The molecule has 0 aliphatic rings. The number of carbonyl (C=O) groups is 1. The third-order valence-corrected chi connectivity index (χ3v) is 2.08. The summed E-state index contributed by atoms with van der Waals surface area (Å²) in [6.45, 7) is 2.06. The van der Waals surface area contributed by atoms with Crippen LogP contribution in [0.2, 0.25) is 0 Å². The highest BCUT2D eigenvalue weighted by Crippen LogP contribution is 2.12. The van der Waals surface area contributed by atoms with Gasteiger partial charge in [0.1, 0.15) is 5.82 Å². The largest absolute Gasteiger partial charge is 0.478 e. The molecule has 1 aromatic carbocycles. The van der Waals surface area contributed by atoms with Crippen LogP contribution in [-0.2, 0) is 6.42 Å². The molecule has 0 unspecified atom stereocenters. The number of benzene rings is 1. The zero-order valence-corrected chi connectivity index (χ0v) is 8.09. The topological polar surface area (TPSA) is 37.3 Å². The van der Waals surface area contributed by atoms with Crippen LogP contribution in [0.1, 0.15) is 35.7 Å². The average molecular weight is 196 g/mol. The lowest BCUT2D eigenvalue weighted by molar-refractivity contribution is 0.0692. The lowest BCUT2D eigenvalue weighted by Gasteiger charge is -2.02. The van der Waals surface area contributed by atoms with Gasteiger partial charge in [0.15, 0.2) is 0 Å². The summed E-state index contributed by atoms with van der Waals surface area (Å²) in [6, 6.07) is 4.26. The highest BCUT2D eigenvalue weighted by atomic mass is 19.1. The number of carboxylic acids is 1. The fourth-order valence-corrected chi connectivity index (χ4v) is 1.27. The van der Waals surface area contributed by atoms with Crippen LogP contribution < -0.4 is 0 Å². The molecule has 0 aromatic heterocycles. The summed E-state index contributed by atoms with van der Waals surface area (Å²) in [6.07, 6.45) is 2.83. The number of aromatic carboxylic acids is 1. The van der Waals surface area contributed by atoms with Crippen molar-refractivity contribution in [2.45, 2.75) is 26.2 Å². The van der Waals surface area contributed by atoms with Crippen LogP contribution in [0.5, 0.6) is 0 Å². The molecule has 0 aliphatic heterocycles. The highest BCUT2D eigenvalue weighted by molar-refractivity contribution is 5.88. The van der Waals surface area contributed by atoms with E-state index < -0.39 is 11.8 Å². The maximum absolute atomic E-state index is 13.0. The number of rotatable bonds is 4. The summed E-state index contributed by atoms with van der Waals surface area (Å²) in [4.78, 5) is 10.6. The van der Waals surface area contributed by atoms with Crippen LogP contribution in [0.3, 0.4) is 0 Å². The Labute approximate surface area is 82.4 Å². The van der Waals surface area contributed by atoms with E-state index in [0.717, 1.165) is 24.8 Å². The molecule has 1 aromatic rings. The van der Waals surface area contributed by atoms with E-state index in [1.165, 1.54) is 12.1 Å². The monoisotopic (exact) mass is 196 g/mol. The molecule has 0 saturated carbocycles. The number of unbranched alkanes of at least 4 members (excludes halogenated alkanes) is 1. The zero-order chi connectivity index (χ0) is 10.6. The Kier molecular flexibility index (Phi) is 3.63. The minimum Gasteiger partial charge on any atom is -0.478 e. The Hall–Kier alpha value is -1.38. The number of aryl methyl sites for hydroxylation is 1. The summed E-state index contributed by atoms with van der Waals surface area (Å²) in [7, 11) is 0. The molecule has 0 heterocycles. The zero-order valence-electron chi connectivity index (χ0n) is 8.09. The Morgan fingerprint density at radius 3 is 2.79 bits per heavy atom. The maximum Gasteiger partial charge on any atom is 0.338 e. The maximum atomic E-state index is 13.0. The smallest absolute Gasteiger partial charge is 0.338 e. The first-order chi connectivity index (χ1) is 6.65. The van der Waals surface area contributed by atoms with Crippen molar-refractivity contribution in [3.63, 3.8) is 0 Å². The number of carboxylic acid groups (broad SMARTS) is 1. The molecule has 0 aliphatic carbocycles. The normalized spacial score (nSPS) is 10.1. The molecule has 14 heavy (non-hydrogen) atoms. The fourth-order valence-electron chi connectivity index (χ4n) is 1.27. The minimum absolute atomic E-state index is 0.237. The lowest BCUT2D eigenvalue weighted by atomic mass is 10.1. The molecular formula is C11H13FO2. The Balaban J connectivity index is 2.89. The Morgan fingerprint density at radius 1 is 1.50 bits per heavy atom. The van der Waals surface area contributed by atoms with E-state index in [2.05, 4.69) is 6.92 Å². The first-order valence-corrected chi connectivity index (χ1v) is 4.67. The molecule has 0 atom stereocenters. The summed E-state index contributed by atoms with van der Waals surface area (Å²) in [5.41, 5.74) is 0.643. The van der Waals surface area contributed by atoms with E-state index in [0.29, 0.717) is 0 Å². The third kappa shape index (κ3) is 2.55. The van der Waals surface area contributed by atoms with Crippen molar-refractivity contribution in [1.29, 1.82) is 0 Å². The van der Waals surface area contributed by atoms with Gasteiger partial charge in [0.2, 0.25) is 0 Å². The number of hydrogen-bond acceptors (Lipinski definition) is 1. The van der Waals surface area contributed by atoms with Crippen molar-refractivity contribution in [2.24, 2.45) is 0 Å². The van der Waals surface area contributed by atoms with Crippen LogP contribution in [-0.4, -0.2) is 11.1 Å². The van der Waals surface area contributed by atoms with Crippen LogP contribution in [0.15, 0.2) is 18.2 Å². The van der Waals surface area contributed by atoms with Crippen LogP contribution in [0.25, 0.3) is 0 Å². The first kappa shape index (κ1) is 10.7. The van der Waals surface area contributed by atoms with Gasteiger partial charge in [-0.2, -0.15) is 0 Å². The van der Waals surface area contributed by atoms with Gasteiger partial charge in [-0.15, -0.1) is 0 Å². The van der Waals surface area contributed by atoms with Gasteiger partial charge >= 0.3 is 5.97 Å². The van der Waals surface area contributed by atoms with E-state index in [9.17, 15) is 9.18 Å². The summed E-state index contributed by atoms with van der Waals surface area (Å²) < 4.78 is 13.0. The van der Waals surface area contributed by atoms with E-state index in [-0.39, 0.29) is 5.56 Å². The second-order valence-electron chi connectivity index (χ2n) is 3.22. The molecule has 0 amide bonds. The third-order valence-electron chi connectivity index (χ3n) is 2.08. The highest BCUT2D eigenvalue weighted by Gasteiger charge is 2.10. The molecule has 0 fully saturated rings. The molecule has 3 heteroatoms. The van der Waals surface area contributed by atoms with Gasteiger partial charge < -0.3 is 5.11 Å². The predicted molar refractivity (Wildman–Crippen MR) is 52.0 cm³/mol. The van der Waals surface area contributed by atoms with E-state index in [1.807, 2.05) is 0 Å². The van der Waals surface area contributed by atoms with Gasteiger partial charge in [-0.3, -0.25) is 0 Å². The summed E-state index contributed by atoms with van der Waals surface area (Å²) in [5.74, 6) is -1.88. The van der Waals surface area contributed by atoms with Gasteiger partial charge in [0.05, 0.1) is 5.56 Å². The quantitative estimate of drug-likeness (QED) is 0.803. The molecule has 1 rings (SSSR count). The van der Waals surface area contributed by atoms with Gasteiger partial charge in [0.25, 0.3) is 0 Å². The average Bonchev–Trinajstić information content (AvgIpc) is 2.16. The van der Waals surface area contributed by atoms with Crippen molar-refractivity contribution in [1.82, 2.24) is 0 Å². The second-order valence-corrected chi connectivity index (χ2v) is 3.22. The summed E-state index contributed by atoms with van der Waals surface area (Å²) in [5, 5.41) is 8.68. The van der Waals surface area contributed by atoms with Crippen LogP contribution >= 0.6 is 0 Å². The molecule has 2 nitrogen and oxygen atoms in total. The molecule has 0 saturated heterocycles. The fraction of sp³-hybridized carbons (Fsp3) is 0.364. The van der Waals surface area contributed by atoms with Gasteiger partial charge in [-0.05, 0) is 30.5 Å². The van der Waals surface area contributed by atoms with Crippen molar-refractivity contribution in [3.05, 3.63) is 35.1 Å². The molecule has 0 radical (unpaired) electrons. The SMILES string of the molecule is CCCCc1ccc(F)c(C(=O)O)c1. The predicted octanol–water partition coefficient (Wildman–Crippen LogP) is 2.87. The first-order valence-electron chi connectivity index (χ1n) is 4.67. The van der Waals surface area contributed by atoms with Gasteiger partial charge in [0, 0.05) is 0 Å². The number of halogens is 1. The molecule has 0 spiro atoms. The van der Waals surface area contributed by atoms with Gasteiger partial charge in [-0.25, -0.2) is 9.18 Å². The molecular weight excluding hydrogens is 183 g/mol. The van der Waals surface area contributed by atoms with Crippen LogP contribution in [0, 0.1) is 5.82 Å². The standard InChI is InChI=1S/C11H13FO2/c1-2-3-4-8-5-6-10(12)9(7-8)11(13)14/h5-7H,2-4H2,1H3,(H,13,14).